The molecule has 0 radical (unpaired) electrons. The maximum absolute atomic E-state index is 11.5. The zero-order chi connectivity index (χ0) is 12.7. The van der Waals surface area contributed by atoms with Crippen molar-refractivity contribution in [3.8, 4) is 0 Å². The summed E-state index contributed by atoms with van der Waals surface area (Å²) in [5, 5.41) is 3.49. The molecule has 5 heteroatoms. The number of anilines is 1. The van der Waals surface area contributed by atoms with Crippen LogP contribution in [-0.2, 0) is 4.79 Å². The molecule has 0 aliphatic heterocycles. The predicted molar refractivity (Wildman–Crippen MR) is 74.5 cm³/mol. The van der Waals surface area contributed by atoms with Crippen LogP contribution in [0.3, 0.4) is 0 Å². The molecule has 0 bridgehead atoms. The minimum atomic E-state index is 0.0304. The molecular formula is C12H17ClN2OS. The Labute approximate surface area is 111 Å². The standard InChI is InChI=1S/C12H17ClN2OS/c1-2-3-6-15-12(16)8-17-11-7-9(13)4-5-10(11)14/h4-5,7H,2-3,6,8,14H2,1H3,(H,15,16). The third-order valence-electron chi connectivity index (χ3n) is 2.19. The van der Waals surface area contributed by atoms with Gasteiger partial charge in [0, 0.05) is 22.2 Å². The average molecular weight is 273 g/mol. The van der Waals surface area contributed by atoms with E-state index in [9.17, 15) is 4.79 Å². The van der Waals surface area contributed by atoms with Crippen LogP contribution in [0.15, 0.2) is 23.1 Å². The van der Waals surface area contributed by atoms with Gasteiger partial charge in [-0.3, -0.25) is 4.79 Å². The molecule has 0 saturated heterocycles. The number of nitrogens with two attached hydrogens (primary N) is 1. The molecule has 0 saturated carbocycles. The summed E-state index contributed by atoms with van der Waals surface area (Å²) in [5.74, 6) is 0.400. The summed E-state index contributed by atoms with van der Waals surface area (Å²) in [6.45, 7) is 2.83. The van der Waals surface area contributed by atoms with Gasteiger partial charge in [-0.25, -0.2) is 0 Å². The van der Waals surface area contributed by atoms with Crippen molar-refractivity contribution in [2.75, 3.05) is 18.0 Å². The Morgan fingerprint density at radius 2 is 2.29 bits per heavy atom. The lowest BCUT2D eigenvalue weighted by molar-refractivity contribution is -0.118. The van der Waals surface area contributed by atoms with E-state index in [0.717, 1.165) is 24.3 Å². The van der Waals surface area contributed by atoms with E-state index in [1.165, 1.54) is 11.8 Å². The number of hydrogen-bond donors (Lipinski definition) is 2. The number of thioether (sulfide) groups is 1. The Kier molecular flexibility index (Phi) is 6.22. The molecule has 1 aromatic carbocycles. The largest absolute Gasteiger partial charge is 0.398 e. The number of hydrogen-bond acceptors (Lipinski definition) is 3. The van der Waals surface area contributed by atoms with Crippen molar-refractivity contribution >= 4 is 35.0 Å². The molecule has 3 nitrogen and oxygen atoms in total. The third kappa shape index (κ3) is 5.33. The monoisotopic (exact) mass is 272 g/mol. The highest BCUT2D eigenvalue weighted by molar-refractivity contribution is 8.00. The van der Waals surface area contributed by atoms with Gasteiger partial charge in [-0.1, -0.05) is 24.9 Å². The lowest BCUT2D eigenvalue weighted by Gasteiger charge is -2.06. The van der Waals surface area contributed by atoms with E-state index in [2.05, 4.69) is 12.2 Å². The molecule has 3 N–H and O–H groups in total. The molecule has 1 aromatic rings. The first-order valence-corrected chi connectivity index (χ1v) is 6.94. The molecule has 0 aliphatic carbocycles. The first kappa shape index (κ1) is 14.2. The molecule has 94 valence electrons. The summed E-state index contributed by atoms with van der Waals surface area (Å²) in [6.07, 6.45) is 2.09. The van der Waals surface area contributed by atoms with Crippen LogP contribution < -0.4 is 11.1 Å². The highest BCUT2D eigenvalue weighted by Crippen LogP contribution is 2.27. The smallest absolute Gasteiger partial charge is 0.230 e. The number of unbranched alkanes of at least 4 members (excludes halogenated alkanes) is 1. The normalized spacial score (nSPS) is 10.2. The van der Waals surface area contributed by atoms with Crippen LogP contribution in [0.2, 0.25) is 5.02 Å². The Morgan fingerprint density at radius 1 is 1.53 bits per heavy atom. The first-order valence-electron chi connectivity index (χ1n) is 5.58. The fourth-order valence-corrected chi connectivity index (χ4v) is 2.30. The maximum Gasteiger partial charge on any atom is 0.230 e. The van der Waals surface area contributed by atoms with E-state index in [4.69, 9.17) is 17.3 Å². The molecule has 1 rings (SSSR count). The van der Waals surface area contributed by atoms with Gasteiger partial charge in [-0.2, -0.15) is 0 Å². The summed E-state index contributed by atoms with van der Waals surface area (Å²) in [6, 6.07) is 5.27. The molecule has 17 heavy (non-hydrogen) atoms. The molecular weight excluding hydrogens is 256 g/mol. The van der Waals surface area contributed by atoms with Gasteiger partial charge in [0.1, 0.15) is 0 Å². The predicted octanol–water partition coefficient (Wildman–Crippen LogP) is 2.93. The second kappa shape index (κ2) is 7.45. The Morgan fingerprint density at radius 3 is 3.00 bits per heavy atom. The van der Waals surface area contributed by atoms with Gasteiger partial charge >= 0.3 is 0 Å². The molecule has 0 atom stereocenters. The number of halogens is 1. The van der Waals surface area contributed by atoms with E-state index in [0.29, 0.717) is 16.5 Å². The van der Waals surface area contributed by atoms with Crippen molar-refractivity contribution in [3.05, 3.63) is 23.2 Å². The lowest BCUT2D eigenvalue weighted by atomic mass is 10.3. The Hall–Kier alpha value is -0.870. The highest BCUT2D eigenvalue weighted by atomic mass is 35.5. The van der Waals surface area contributed by atoms with Crippen LogP contribution in [0.5, 0.6) is 0 Å². The Balaban J connectivity index is 2.39. The number of nitrogens with one attached hydrogen (secondary N) is 1. The minimum absolute atomic E-state index is 0.0304. The van der Waals surface area contributed by atoms with Crippen LogP contribution in [0.25, 0.3) is 0 Å². The molecule has 0 aliphatic rings. The van der Waals surface area contributed by atoms with Crippen LogP contribution in [-0.4, -0.2) is 18.2 Å². The zero-order valence-corrected chi connectivity index (χ0v) is 11.4. The number of benzene rings is 1. The second-order valence-corrected chi connectivity index (χ2v) is 5.13. The number of carbonyl (C=O) groups excluding carboxylic acids is 1. The van der Waals surface area contributed by atoms with Gasteiger partial charge in [-0.15, -0.1) is 11.8 Å². The van der Waals surface area contributed by atoms with Crippen molar-refractivity contribution in [2.24, 2.45) is 0 Å². The van der Waals surface area contributed by atoms with Crippen molar-refractivity contribution in [1.82, 2.24) is 5.32 Å². The first-order chi connectivity index (χ1) is 8.13. The third-order valence-corrected chi connectivity index (χ3v) is 3.49. The van der Waals surface area contributed by atoms with Gasteiger partial charge in [0.2, 0.25) is 5.91 Å². The van der Waals surface area contributed by atoms with Crippen molar-refractivity contribution in [3.63, 3.8) is 0 Å². The van der Waals surface area contributed by atoms with Crippen LogP contribution in [0.4, 0.5) is 5.69 Å². The van der Waals surface area contributed by atoms with E-state index in [1.54, 1.807) is 18.2 Å². The fourth-order valence-electron chi connectivity index (χ4n) is 1.23. The number of nitrogen functional groups attached to an aromatic ring is 1. The number of amides is 1. The number of carbonyl (C=O) groups is 1. The molecule has 0 unspecified atom stereocenters. The molecule has 0 fully saturated rings. The van der Waals surface area contributed by atoms with Crippen molar-refractivity contribution < 1.29 is 4.79 Å². The quantitative estimate of drug-likeness (QED) is 0.476. The number of rotatable bonds is 6. The summed E-state index contributed by atoms with van der Waals surface area (Å²) in [7, 11) is 0. The van der Waals surface area contributed by atoms with Gasteiger partial charge in [-0.05, 0) is 24.6 Å². The van der Waals surface area contributed by atoms with E-state index < -0.39 is 0 Å². The van der Waals surface area contributed by atoms with Gasteiger partial charge in [0.15, 0.2) is 0 Å². The van der Waals surface area contributed by atoms with Crippen molar-refractivity contribution in [2.45, 2.75) is 24.7 Å². The van der Waals surface area contributed by atoms with Crippen molar-refractivity contribution in [1.29, 1.82) is 0 Å². The van der Waals surface area contributed by atoms with Gasteiger partial charge < -0.3 is 11.1 Å². The lowest BCUT2D eigenvalue weighted by Crippen LogP contribution is -2.26. The van der Waals surface area contributed by atoms with Crippen LogP contribution in [0, 0.1) is 0 Å². The molecule has 0 heterocycles. The maximum atomic E-state index is 11.5. The van der Waals surface area contributed by atoms with E-state index in [-0.39, 0.29) is 5.91 Å². The van der Waals surface area contributed by atoms with Crippen LogP contribution >= 0.6 is 23.4 Å². The molecule has 1 amide bonds. The summed E-state index contributed by atoms with van der Waals surface area (Å²) < 4.78 is 0. The fraction of sp³-hybridized carbons (Fsp3) is 0.417. The minimum Gasteiger partial charge on any atom is -0.398 e. The van der Waals surface area contributed by atoms with Crippen LogP contribution in [0.1, 0.15) is 19.8 Å². The second-order valence-electron chi connectivity index (χ2n) is 3.67. The molecule has 0 spiro atoms. The summed E-state index contributed by atoms with van der Waals surface area (Å²) in [5.41, 5.74) is 6.44. The summed E-state index contributed by atoms with van der Waals surface area (Å²) in [4.78, 5) is 12.3. The summed E-state index contributed by atoms with van der Waals surface area (Å²) >= 11 is 7.27. The van der Waals surface area contributed by atoms with Gasteiger partial charge in [0.25, 0.3) is 0 Å². The highest BCUT2D eigenvalue weighted by Gasteiger charge is 2.05. The van der Waals surface area contributed by atoms with E-state index >= 15 is 0 Å². The Bertz CT molecular complexity index is 385. The van der Waals surface area contributed by atoms with Gasteiger partial charge in [0.05, 0.1) is 5.75 Å². The average Bonchev–Trinajstić information content (AvgIpc) is 2.31. The topological polar surface area (TPSA) is 55.1 Å². The van der Waals surface area contributed by atoms with E-state index in [1.807, 2.05) is 0 Å². The SMILES string of the molecule is CCCCNC(=O)CSc1cc(Cl)ccc1N. The zero-order valence-electron chi connectivity index (χ0n) is 9.83. The molecule has 0 aromatic heterocycles.